The van der Waals surface area contributed by atoms with Gasteiger partial charge in [-0.05, 0) is 42.3 Å². The van der Waals surface area contributed by atoms with Gasteiger partial charge in [0, 0.05) is 16.5 Å². The number of fused-ring (bicyclic) bond motifs is 1. The molecule has 1 aliphatic heterocycles. The van der Waals surface area contributed by atoms with Gasteiger partial charge in [-0.3, -0.25) is 9.59 Å². The summed E-state index contributed by atoms with van der Waals surface area (Å²) in [6.07, 6.45) is 0. The first-order valence-electron chi connectivity index (χ1n) is 9.80. The third kappa shape index (κ3) is 4.51. The minimum absolute atomic E-state index is 0.247. The number of hydrogen-bond donors (Lipinski definition) is 2. The lowest BCUT2D eigenvalue weighted by Gasteiger charge is -2.30. The standard InChI is InChI=1S/C23H19FN4O3S/c1-23(12-25)13-31-10-16-6-5-15(8-18(16)23)21(30)26-9-20(29)28-22-27-19(11-32-22)14-3-2-4-17(24)7-14/h2-8,11H,9-10,13H2,1H3,(H,26,30)(H,27,28,29)/t23-/m1/s1. The van der Waals surface area contributed by atoms with Gasteiger partial charge in [-0.25, -0.2) is 9.37 Å². The predicted octanol–water partition coefficient (Wildman–Crippen LogP) is 3.63. The van der Waals surface area contributed by atoms with E-state index in [1.165, 1.54) is 23.5 Å². The second-order valence-corrected chi connectivity index (χ2v) is 8.45. The Morgan fingerprint density at radius 1 is 1.31 bits per heavy atom. The molecule has 1 atom stereocenters. The number of carbonyl (C=O) groups is 2. The second kappa shape index (κ2) is 8.86. The van der Waals surface area contributed by atoms with E-state index in [0.717, 1.165) is 11.1 Å². The molecule has 7 nitrogen and oxygen atoms in total. The maximum Gasteiger partial charge on any atom is 0.251 e. The molecule has 0 bridgehead atoms. The van der Waals surface area contributed by atoms with Gasteiger partial charge >= 0.3 is 0 Å². The number of nitrogens with zero attached hydrogens (tertiary/aromatic N) is 2. The first-order valence-corrected chi connectivity index (χ1v) is 10.7. The van der Waals surface area contributed by atoms with E-state index in [9.17, 15) is 19.2 Å². The first kappa shape index (κ1) is 21.6. The Morgan fingerprint density at radius 2 is 2.16 bits per heavy atom. The van der Waals surface area contributed by atoms with Crippen LogP contribution >= 0.6 is 11.3 Å². The van der Waals surface area contributed by atoms with Crippen molar-refractivity contribution < 1.29 is 18.7 Å². The summed E-state index contributed by atoms with van der Waals surface area (Å²) in [6, 6.07) is 13.4. The third-order valence-corrected chi connectivity index (χ3v) is 5.90. The smallest absolute Gasteiger partial charge is 0.251 e. The molecule has 1 aliphatic rings. The molecular weight excluding hydrogens is 431 g/mol. The number of hydrogen-bond acceptors (Lipinski definition) is 6. The number of anilines is 1. The van der Waals surface area contributed by atoms with Gasteiger partial charge in [-0.2, -0.15) is 5.26 Å². The molecule has 2 amide bonds. The molecule has 0 radical (unpaired) electrons. The number of ether oxygens (including phenoxy) is 1. The number of nitrogens with one attached hydrogen (secondary N) is 2. The highest BCUT2D eigenvalue weighted by Gasteiger charge is 2.33. The molecule has 3 aromatic rings. The zero-order valence-electron chi connectivity index (χ0n) is 17.1. The van der Waals surface area contributed by atoms with Crippen molar-refractivity contribution in [2.75, 3.05) is 18.5 Å². The van der Waals surface area contributed by atoms with Crippen LogP contribution in [0.25, 0.3) is 11.3 Å². The van der Waals surface area contributed by atoms with Crippen molar-refractivity contribution in [3.63, 3.8) is 0 Å². The number of nitriles is 1. The quantitative estimate of drug-likeness (QED) is 0.618. The van der Waals surface area contributed by atoms with Crippen LogP contribution in [-0.4, -0.2) is 29.9 Å². The number of amides is 2. The fourth-order valence-electron chi connectivity index (χ4n) is 3.43. The summed E-state index contributed by atoms with van der Waals surface area (Å²) >= 11 is 1.21. The van der Waals surface area contributed by atoms with Crippen LogP contribution in [0.5, 0.6) is 0 Å². The summed E-state index contributed by atoms with van der Waals surface area (Å²) in [4.78, 5) is 29.1. The molecule has 0 aliphatic carbocycles. The Hall–Kier alpha value is -3.61. The average molecular weight is 450 g/mol. The fraction of sp³-hybridized carbons (Fsp3) is 0.217. The molecule has 32 heavy (non-hydrogen) atoms. The Labute approximate surface area is 187 Å². The van der Waals surface area contributed by atoms with E-state index in [1.54, 1.807) is 42.6 Å². The Balaban J connectivity index is 1.37. The van der Waals surface area contributed by atoms with Crippen molar-refractivity contribution >= 4 is 28.3 Å². The van der Waals surface area contributed by atoms with Crippen molar-refractivity contribution in [2.45, 2.75) is 18.9 Å². The third-order valence-electron chi connectivity index (χ3n) is 5.14. The first-order chi connectivity index (χ1) is 15.4. The maximum atomic E-state index is 13.4. The van der Waals surface area contributed by atoms with Gasteiger partial charge in [-0.15, -0.1) is 11.3 Å². The van der Waals surface area contributed by atoms with E-state index < -0.39 is 17.2 Å². The molecule has 0 spiro atoms. The number of carbonyl (C=O) groups excluding carboxylic acids is 2. The van der Waals surface area contributed by atoms with Crippen molar-refractivity contribution in [1.82, 2.24) is 10.3 Å². The van der Waals surface area contributed by atoms with E-state index in [4.69, 9.17) is 4.74 Å². The van der Waals surface area contributed by atoms with Crippen molar-refractivity contribution in [3.8, 4) is 17.3 Å². The molecule has 2 N–H and O–H groups in total. The van der Waals surface area contributed by atoms with Crippen LogP contribution in [0.2, 0.25) is 0 Å². The van der Waals surface area contributed by atoms with Crippen LogP contribution in [0.1, 0.15) is 28.4 Å². The van der Waals surface area contributed by atoms with Gasteiger partial charge in [-0.1, -0.05) is 18.2 Å². The molecular formula is C23H19FN4O3S. The van der Waals surface area contributed by atoms with Gasteiger partial charge in [0.15, 0.2) is 5.13 Å². The molecule has 162 valence electrons. The summed E-state index contributed by atoms with van der Waals surface area (Å²) < 4.78 is 18.9. The summed E-state index contributed by atoms with van der Waals surface area (Å²) in [5.74, 6) is -1.23. The molecule has 0 saturated carbocycles. The number of rotatable bonds is 5. The molecule has 2 heterocycles. The van der Waals surface area contributed by atoms with Crippen molar-refractivity contribution in [2.24, 2.45) is 0 Å². The van der Waals surface area contributed by atoms with E-state index in [0.29, 0.717) is 28.6 Å². The van der Waals surface area contributed by atoms with Crippen LogP contribution in [-0.2, 0) is 21.6 Å². The Morgan fingerprint density at radius 3 is 2.94 bits per heavy atom. The van der Waals surface area contributed by atoms with Gasteiger partial charge in [0.05, 0.1) is 31.5 Å². The zero-order valence-corrected chi connectivity index (χ0v) is 18.0. The second-order valence-electron chi connectivity index (χ2n) is 7.59. The summed E-state index contributed by atoms with van der Waals surface area (Å²) in [5.41, 5.74) is 2.32. The largest absolute Gasteiger partial charge is 0.375 e. The highest BCUT2D eigenvalue weighted by Crippen LogP contribution is 2.32. The lowest BCUT2D eigenvalue weighted by atomic mass is 9.79. The summed E-state index contributed by atoms with van der Waals surface area (Å²) in [7, 11) is 0. The zero-order chi connectivity index (χ0) is 22.7. The minimum Gasteiger partial charge on any atom is -0.375 e. The molecule has 4 rings (SSSR count). The lowest BCUT2D eigenvalue weighted by molar-refractivity contribution is -0.115. The SMILES string of the molecule is C[C@@]1(C#N)COCc2ccc(C(=O)NCC(=O)Nc3nc(-c4cccc(F)c4)cs3)cc21. The molecule has 9 heteroatoms. The highest BCUT2D eigenvalue weighted by atomic mass is 32.1. The molecule has 0 fully saturated rings. The van der Waals surface area contributed by atoms with Gasteiger partial charge in [0.25, 0.3) is 5.91 Å². The Bertz CT molecular complexity index is 1240. The van der Waals surface area contributed by atoms with Crippen molar-refractivity contribution in [3.05, 3.63) is 70.4 Å². The van der Waals surface area contributed by atoms with Gasteiger partial charge in [0.2, 0.25) is 5.91 Å². The maximum absolute atomic E-state index is 13.4. The number of benzene rings is 2. The fourth-order valence-corrected chi connectivity index (χ4v) is 4.17. The summed E-state index contributed by atoms with van der Waals surface area (Å²) in [5, 5.41) is 16.8. The van der Waals surface area contributed by atoms with Crippen LogP contribution in [0, 0.1) is 17.1 Å². The van der Waals surface area contributed by atoms with E-state index in [2.05, 4.69) is 21.7 Å². The molecule has 1 aromatic heterocycles. The topological polar surface area (TPSA) is 104 Å². The van der Waals surface area contributed by atoms with Gasteiger partial charge < -0.3 is 15.4 Å². The lowest BCUT2D eigenvalue weighted by Crippen LogP contribution is -2.34. The minimum atomic E-state index is -0.828. The molecule has 0 saturated heterocycles. The van der Waals surface area contributed by atoms with E-state index >= 15 is 0 Å². The summed E-state index contributed by atoms with van der Waals surface area (Å²) in [6.45, 7) is 2.17. The van der Waals surface area contributed by atoms with E-state index in [1.807, 2.05) is 0 Å². The van der Waals surface area contributed by atoms with E-state index in [-0.39, 0.29) is 19.0 Å². The number of aromatic nitrogens is 1. The predicted molar refractivity (Wildman–Crippen MR) is 118 cm³/mol. The van der Waals surface area contributed by atoms with Crippen LogP contribution in [0.3, 0.4) is 0 Å². The normalized spacial score (nSPS) is 17.2. The number of halogens is 1. The molecule has 0 unspecified atom stereocenters. The van der Waals surface area contributed by atoms with Crippen molar-refractivity contribution in [1.29, 1.82) is 5.26 Å². The average Bonchev–Trinajstić information content (AvgIpc) is 3.26. The number of thiazole rings is 1. The Kier molecular flexibility index (Phi) is 5.99. The van der Waals surface area contributed by atoms with Crippen LogP contribution in [0.15, 0.2) is 47.8 Å². The monoisotopic (exact) mass is 450 g/mol. The highest BCUT2D eigenvalue weighted by molar-refractivity contribution is 7.14. The molecule has 2 aromatic carbocycles. The van der Waals surface area contributed by atoms with Gasteiger partial charge in [0.1, 0.15) is 11.2 Å². The van der Waals surface area contributed by atoms with Crippen LogP contribution in [0.4, 0.5) is 9.52 Å². The van der Waals surface area contributed by atoms with Crippen LogP contribution < -0.4 is 10.6 Å².